The number of rotatable bonds is 4. The Morgan fingerprint density at radius 2 is 2.10 bits per heavy atom. The van der Waals surface area contributed by atoms with Gasteiger partial charge >= 0.3 is 6.09 Å². The highest BCUT2D eigenvalue weighted by atomic mass is 35.5. The van der Waals surface area contributed by atoms with Gasteiger partial charge in [-0.25, -0.2) is 9.78 Å². The van der Waals surface area contributed by atoms with Gasteiger partial charge < -0.3 is 19.6 Å². The molecule has 1 unspecified atom stereocenters. The number of hydrogen-bond acceptors (Lipinski definition) is 6. The summed E-state index contributed by atoms with van der Waals surface area (Å²) >= 11 is 6.50. The summed E-state index contributed by atoms with van der Waals surface area (Å²) < 4.78 is 4.89. The second-order valence-electron chi connectivity index (χ2n) is 8.89. The van der Waals surface area contributed by atoms with Gasteiger partial charge in [-0.15, -0.1) is 0 Å². The fourth-order valence-electron chi connectivity index (χ4n) is 5.27. The molecule has 2 N–H and O–H groups in total. The second-order valence-corrected chi connectivity index (χ2v) is 9.30. The van der Waals surface area contributed by atoms with E-state index in [1.54, 1.807) is 19.2 Å². The molecule has 4 rings (SSSR count). The van der Waals surface area contributed by atoms with Crippen LogP contribution < -0.4 is 10.2 Å². The summed E-state index contributed by atoms with van der Waals surface area (Å²) in [5.41, 5.74) is 0.0859. The number of anilines is 2. The standard InChI is InChI=1S/C22H31ClN4O4/c1-2-31-21(30)25-15-12-18(23)19(24-13-15)26-10-3-8-22(14-26)9-11-27(20(22)29)16-4-6-17(28)7-5-16/h12-13,16-17,28H,2-11,14H2,1H3,(H,25,30). The zero-order valence-corrected chi connectivity index (χ0v) is 18.7. The average Bonchev–Trinajstić information content (AvgIpc) is 3.04. The third-order valence-electron chi connectivity index (χ3n) is 6.87. The second kappa shape index (κ2) is 9.20. The molecule has 3 fully saturated rings. The van der Waals surface area contributed by atoms with E-state index >= 15 is 0 Å². The molecule has 3 heterocycles. The maximum atomic E-state index is 13.5. The molecule has 1 aliphatic carbocycles. The Bertz CT molecular complexity index is 830. The van der Waals surface area contributed by atoms with Gasteiger partial charge in [-0.05, 0) is 57.9 Å². The van der Waals surface area contributed by atoms with Crippen molar-refractivity contribution in [1.29, 1.82) is 0 Å². The van der Waals surface area contributed by atoms with Gasteiger partial charge in [-0.3, -0.25) is 10.1 Å². The van der Waals surface area contributed by atoms with Crippen molar-refractivity contribution in [2.24, 2.45) is 5.41 Å². The molecule has 0 aromatic carbocycles. The van der Waals surface area contributed by atoms with Crippen molar-refractivity contribution in [3.63, 3.8) is 0 Å². The summed E-state index contributed by atoms with van der Waals surface area (Å²) in [5, 5.41) is 12.8. The molecule has 3 aliphatic rings. The smallest absolute Gasteiger partial charge is 0.411 e. The Morgan fingerprint density at radius 3 is 2.81 bits per heavy atom. The van der Waals surface area contributed by atoms with E-state index < -0.39 is 6.09 Å². The molecule has 0 bridgehead atoms. The Morgan fingerprint density at radius 1 is 1.32 bits per heavy atom. The molecule has 2 aliphatic heterocycles. The lowest BCUT2D eigenvalue weighted by Crippen LogP contribution is -2.50. The van der Waals surface area contributed by atoms with Crippen molar-refractivity contribution >= 4 is 35.1 Å². The maximum absolute atomic E-state index is 13.5. The number of aliphatic hydroxyl groups is 1. The van der Waals surface area contributed by atoms with Gasteiger partial charge in [0.2, 0.25) is 5.91 Å². The van der Waals surface area contributed by atoms with Crippen molar-refractivity contribution in [2.75, 3.05) is 36.5 Å². The molecule has 2 amide bonds. The van der Waals surface area contributed by atoms with Crippen LogP contribution in [0, 0.1) is 5.41 Å². The third kappa shape index (κ3) is 4.60. The predicted molar refractivity (Wildman–Crippen MR) is 118 cm³/mol. The molecule has 1 saturated carbocycles. The van der Waals surface area contributed by atoms with Crippen LogP contribution in [0.2, 0.25) is 5.02 Å². The summed E-state index contributed by atoms with van der Waals surface area (Å²) in [6, 6.07) is 1.92. The minimum atomic E-state index is -0.545. The van der Waals surface area contributed by atoms with Crippen LogP contribution in [0.1, 0.15) is 51.9 Å². The SMILES string of the molecule is CCOC(=O)Nc1cnc(N2CCCC3(CCN(C4CCC(O)CC4)C3=O)C2)c(Cl)c1. The van der Waals surface area contributed by atoms with Crippen molar-refractivity contribution in [2.45, 2.75) is 64.0 Å². The third-order valence-corrected chi connectivity index (χ3v) is 7.15. The molecule has 31 heavy (non-hydrogen) atoms. The molecule has 0 radical (unpaired) electrons. The Hall–Kier alpha value is -2.06. The van der Waals surface area contributed by atoms with Crippen molar-refractivity contribution in [1.82, 2.24) is 9.88 Å². The summed E-state index contributed by atoms with van der Waals surface area (Å²) in [4.78, 5) is 33.8. The van der Waals surface area contributed by atoms with Gasteiger partial charge in [0.25, 0.3) is 0 Å². The molecule has 9 heteroatoms. The number of nitrogens with one attached hydrogen (secondary N) is 1. The maximum Gasteiger partial charge on any atom is 0.411 e. The first-order chi connectivity index (χ1) is 14.9. The highest BCUT2D eigenvalue weighted by Gasteiger charge is 2.51. The minimum absolute atomic E-state index is 0.220. The Balaban J connectivity index is 1.45. The van der Waals surface area contributed by atoms with Gasteiger partial charge in [0.05, 0.1) is 35.0 Å². The molecule has 1 atom stereocenters. The van der Waals surface area contributed by atoms with E-state index in [0.717, 1.165) is 58.0 Å². The predicted octanol–water partition coefficient (Wildman–Crippen LogP) is 3.43. The van der Waals surface area contributed by atoms with Crippen LogP contribution in [0.25, 0.3) is 0 Å². The van der Waals surface area contributed by atoms with Crippen LogP contribution in [0.4, 0.5) is 16.3 Å². The molecule has 1 spiro atoms. The van der Waals surface area contributed by atoms with E-state index in [-0.39, 0.29) is 30.1 Å². The van der Waals surface area contributed by atoms with Crippen LogP contribution in [0.5, 0.6) is 0 Å². The zero-order valence-electron chi connectivity index (χ0n) is 18.0. The quantitative estimate of drug-likeness (QED) is 0.729. The number of aromatic nitrogens is 1. The van der Waals surface area contributed by atoms with Gasteiger partial charge in [-0.2, -0.15) is 0 Å². The van der Waals surface area contributed by atoms with E-state index in [1.807, 2.05) is 0 Å². The average molecular weight is 451 g/mol. The van der Waals surface area contributed by atoms with Crippen LogP contribution in [-0.2, 0) is 9.53 Å². The Labute approximate surface area is 187 Å². The molecule has 170 valence electrons. The Kier molecular flexibility index (Phi) is 6.57. The fraction of sp³-hybridized carbons (Fsp3) is 0.682. The number of pyridine rings is 1. The van der Waals surface area contributed by atoms with Gasteiger partial charge in [0.15, 0.2) is 0 Å². The van der Waals surface area contributed by atoms with Gasteiger partial charge in [0, 0.05) is 25.7 Å². The fourth-order valence-corrected chi connectivity index (χ4v) is 5.56. The molecule has 1 aromatic heterocycles. The first kappa shape index (κ1) is 22.1. The number of ether oxygens (including phenoxy) is 1. The highest BCUT2D eigenvalue weighted by Crippen LogP contribution is 2.44. The van der Waals surface area contributed by atoms with Crippen LogP contribution in [-0.4, -0.2) is 65.4 Å². The van der Waals surface area contributed by atoms with E-state index in [9.17, 15) is 14.7 Å². The zero-order chi connectivity index (χ0) is 22.0. The van der Waals surface area contributed by atoms with E-state index in [0.29, 0.717) is 23.1 Å². The van der Waals surface area contributed by atoms with Crippen molar-refractivity contribution < 1.29 is 19.4 Å². The lowest BCUT2D eigenvalue weighted by molar-refractivity contribution is -0.139. The number of halogens is 1. The number of nitrogens with zero attached hydrogens (tertiary/aromatic N) is 3. The van der Waals surface area contributed by atoms with E-state index in [2.05, 4.69) is 20.1 Å². The van der Waals surface area contributed by atoms with E-state index in [1.165, 1.54) is 0 Å². The lowest BCUT2D eigenvalue weighted by Gasteiger charge is -2.41. The van der Waals surface area contributed by atoms with Gasteiger partial charge in [0.1, 0.15) is 5.82 Å². The molecular formula is C22H31ClN4O4. The number of hydrogen-bond donors (Lipinski definition) is 2. The van der Waals surface area contributed by atoms with Crippen LogP contribution >= 0.6 is 11.6 Å². The largest absolute Gasteiger partial charge is 0.450 e. The normalized spacial score (nSPS) is 28.8. The molecular weight excluding hydrogens is 420 g/mol. The number of aliphatic hydroxyl groups excluding tert-OH is 1. The van der Waals surface area contributed by atoms with Crippen molar-refractivity contribution in [3.05, 3.63) is 17.3 Å². The van der Waals surface area contributed by atoms with Crippen LogP contribution in [0.3, 0.4) is 0 Å². The minimum Gasteiger partial charge on any atom is -0.450 e. The molecule has 2 saturated heterocycles. The summed E-state index contributed by atoms with van der Waals surface area (Å²) in [5.74, 6) is 0.887. The number of piperidine rings is 1. The highest BCUT2D eigenvalue weighted by molar-refractivity contribution is 6.33. The van der Waals surface area contributed by atoms with Crippen molar-refractivity contribution in [3.8, 4) is 0 Å². The monoisotopic (exact) mass is 450 g/mol. The topological polar surface area (TPSA) is 95.0 Å². The summed E-state index contributed by atoms with van der Waals surface area (Å²) in [6.07, 6.45) is 6.76. The first-order valence-electron chi connectivity index (χ1n) is 11.3. The van der Waals surface area contributed by atoms with Gasteiger partial charge in [-0.1, -0.05) is 11.6 Å². The number of amides is 2. The van der Waals surface area contributed by atoms with Crippen LogP contribution in [0.15, 0.2) is 12.3 Å². The number of carbonyl (C=O) groups excluding carboxylic acids is 2. The summed E-state index contributed by atoms with van der Waals surface area (Å²) in [6.45, 7) is 4.21. The number of likely N-dealkylation sites (tertiary alicyclic amines) is 1. The molecule has 1 aromatic rings. The van der Waals surface area contributed by atoms with E-state index in [4.69, 9.17) is 16.3 Å². The number of carbonyl (C=O) groups is 2. The molecule has 8 nitrogen and oxygen atoms in total. The lowest BCUT2D eigenvalue weighted by atomic mass is 9.78. The summed E-state index contributed by atoms with van der Waals surface area (Å²) in [7, 11) is 0. The first-order valence-corrected chi connectivity index (χ1v) is 11.6.